The zero-order valence-electron chi connectivity index (χ0n) is 11.7. The van der Waals surface area contributed by atoms with Crippen molar-refractivity contribution < 1.29 is 19.4 Å². The fourth-order valence-corrected chi connectivity index (χ4v) is 3.10. The van der Waals surface area contributed by atoms with Crippen molar-refractivity contribution in [1.82, 2.24) is 4.90 Å². The van der Waals surface area contributed by atoms with Gasteiger partial charge in [-0.25, -0.2) is 4.79 Å². The first-order valence-electron chi connectivity index (χ1n) is 7.14. The Labute approximate surface area is 113 Å². The number of carboxylic acids is 1. The third-order valence-corrected chi connectivity index (χ3v) is 3.97. The number of hydrogen-bond acceptors (Lipinski definition) is 3. The van der Waals surface area contributed by atoms with Gasteiger partial charge in [0.25, 0.3) is 5.91 Å². The van der Waals surface area contributed by atoms with E-state index < -0.39 is 18.2 Å². The summed E-state index contributed by atoms with van der Waals surface area (Å²) in [5.41, 5.74) is 0. The van der Waals surface area contributed by atoms with Gasteiger partial charge in [-0.15, -0.1) is 0 Å². The van der Waals surface area contributed by atoms with Crippen LogP contribution in [0.2, 0.25) is 0 Å². The highest BCUT2D eigenvalue weighted by atomic mass is 16.5. The molecule has 0 bridgehead atoms. The highest BCUT2D eigenvalue weighted by Crippen LogP contribution is 2.27. The van der Waals surface area contributed by atoms with E-state index in [0.717, 1.165) is 25.9 Å². The second-order valence-corrected chi connectivity index (χ2v) is 6.10. The summed E-state index contributed by atoms with van der Waals surface area (Å²) < 4.78 is 5.32. The molecule has 0 aromatic rings. The molecule has 0 radical (unpaired) electrons. The van der Waals surface area contributed by atoms with Crippen LogP contribution in [0.25, 0.3) is 0 Å². The normalized spacial score (nSPS) is 31.1. The maximum atomic E-state index is 12.3. The number of carbonyl (C=O) groups is 2. The van der Waals surface area contributed by atoms with Gasteiger partial charge in [0.2, 0.25) is 0 Å². The van der Waals surface area contributed by atoms with Crippen molar-refractivity contribution in [3.8, 4) is 0 Å². The fourth-order valence-electron chi connectivity index (χ4n) is 3.10. The molecule has 0 aromatic carbocycles. The third kappa shape index (κ3) is 3.47. The molecule has 0 spiro atoms. The zero-order chi connectivity index (χ0) is 14.0. The first-order valence-corrected chi connectivity index (χ1v) is 7.14. The van der Waals surface area contributed by atoms with Crippen LogP contribution in [0.4, 0.5) is 0 Å². The monoisotopic (exact) mass is 269 g/mol. The number of nitrogens with zero attached hydrogens (tertiary/aromatic N) is 1. The lowest BCUT2D eigenvalue weighted by molar-refractivity contribution is -0.154. The van der Waals surface area contributed by atoms with E-state index in [2.05, 4.69) is 13.8 Å². The first kappa shape index (κ1) is 14.3. The number of carbonyl (C=O) groups excluding carboxylic acids is 1. The molecule has 19 heavy (non-hydrogen) atoms. The Hall–Kier alpha value is -1.10. The SMILES string of the molecule is CC(C)CC1CCN(C(=O)[C@@H]2CC[C@H](C(=O)O)O2)C1. The lowest BCUT2D eigenvalue weighted by Crippen LogP contribution is -2.38. The minimum Gasteiger partial charge on any atom is -0.479 e. The Bertz CT molecular complexity index is 355. The van der Waals surface area contributed by atoms with Gasteiger partial charge in [-0.1, -0.05) is 13.8 Å². The van der Waals surface area contributed by atoms with Crippen molar-refractivity contribution in [2.45, 2.75) is 51.7 Å². The van der Waals surface area contributed by atoms with Gasteiger partial charge in [0.15, 0.2) is 6.10 Å². The quantitative estimate of drug-likeness (QED) is 0.840. The van der Waals surface area contributed by atoms with Gasteiger partial charge in [0.1, 0.15) is 6.10 Å². The summed E-state index contributed by atoms with van der Waals surface area (Å²) in [4.78, 5) is 24.9. The predicted octanol–water partition coefficient (Wildman–Crippen LogP) is 1.51. The van der Waals surface area contributed by atoms with Crippen LogP contribution in [-0.2, 0) is 14.3 Å². The van der Waals surface area contributed by atoms with E-state index >= 15 is 0 Å². The van der Waals surface area contributed by atoms with Crippen molar-refractivity contribution in [3.63, 3.8) is 0 Å². The molecule has 2 aliphatic heterocycles. The van der Waals surface area contributed by atoms with Gasteiger partial charge in [-0.05, 0) is 37.5 Å². The van der Waals surface area contributed by atoms with Gasteiger partial charge in [0.05, 0.1) is 0 Å². The van der Waals surface area contributed by atoms with Crippen LogP contribution in [-0.4, -0.2) is 47.2 Å². The summed E-state index contributed by atoms with van der Waals surface area (Å²) in [7, 11) is 0. The van der Waals surface area contributed by atoms with Crippen LogP contribution in [0, 0.1) is 11.8 Å². The molecular weight excluding hydrogens is 246 g/mol. The number of carboxylic acid groups (broad SMARTS) is 1. The number of rotatable bonds is 4. The Morgan fingerprint density at radius 2 is 1.95 bits per heavy atom. The molecule has 2 saturated heterocycles. The van der Waals surface area contributed by atoms with Gasteiger partial charge < -0.3 is 14.7 Å². The number of likely N-dealkylation sites (tertiary alicyclic amines) is 1. The maximum absolute atomic E-state index is 12.3. The number of hydrogen-bond donors (Lipinski definition) is 1. The molecule has 1 N–H and O–H groups in total. The molecule has 1 unspecified atom stereocenters. The smallest absolute Gasteiger partial charge is 0.332 e. The lowest BCUT2D eigenvalue weighted by Gasteiger charge is -2.21. The summed E-state index contributed by atoms with van der Waals surface area (Å²) in [5, 5.41) is 8.87. The molecule has 0 aliphatic carbocycles. The van der Waals surface area contributed by atoms with E-state index in [0.29, 0.717) is 24.7 Å². The van der Waals surface area contributed by atoms with E-state index in [9.17, 15) is 9.59 Å². The Morgan fingerprint density at radius 3 is 2.53 bits per heavy atom. The van der Waals surface area contributed by atoms with Crippen LogP contribution in [0.5, 0.6) is 0 Å². The van der Waals surface area contributed by atoms with Crippen molar-refractivity contribution in [2.75, 3.05) is 13.1 Å². The van der Waals surface area contributed by atoms with E-state index in [4.69, 9.17) is 9.84 Å². The minimum absolute atomic E-state index is 0.0185. The van der Waals surface area contributed by atoms with Crippen molar-refractivity contribution in [1.29, 1.82) is 0 Å². The summed E-state index contributed by atoms with van der Waals surface area (Å²) in [6.45, 7) is 5.98. The second kappa shape index (κ2) is 5.90. The molecule has 2 heterocycles. The number of ether oxygens (including phenoxy) is 1. The van der Waals surface area contributed by atoms with Crippen LogP contribution in [0.15, 0.2) is 0 Å². The lowest BCUT2D eigenvalue weighted by atomic mass is 9.97. The van der Waals surface area contributed by atoms with Crippen molar-refractivity contribution >= 4 is 11.9 Å². The number of aliphatic carboxylic acids is 1. The first-order chi connectivity index (χ1) is 8.97. The minimum atomic E-state index is -0.964. The molecule has 5 nitrogen and oxygen atoms in total. The Balaban J connectivity index is 1.83. The molecule has 2 rings (SSSR count). The topological polar surface area (TPSA) is 66.8 Å². The van der Waals surface area contributed by atoms with Crippen molar-refractivity contribution in [2.24, 2.45) is 11.8 Å². The average molecular weight is 269 g/mol. The molecule has 0 saturated carbocycles. The third-order valence-electron chi connectivity index (χ3n) is 3.97. The Kier molecular flexibility index (Phi) is 4.45. The zero-order valence-corrected chi connectivity index (χ0v) is 11.7. The molecule has 1 amide bonds. The number of amides is 1. The fraction of sp³-hybridized carbons (Fsp3) is 0.857. The van der Waals surface area contributed by atoms with Crippen LogP contribution < -0.4 is 0 Å². The summed E-state index contributed by atoms with van der Waals surface area (Å²) in [6.07, 6.45) is 1.82. The highest BCUT2D eigenvalue weighted by molar-refractivity contribution is 5.83. The van der Waals surface area contributed by atoms with Crippen molar-refractivity contribution in [3.05, 3.63) is 0 Å². The van der Waals surface area contributed by atoms with Crippen LogP contribution >= 0.6 is 0 Å². The highest BCUT2D eigenvalue weighted by Gasteiger charge is 2.38. The summed E-state index contributed by atoms with van der Waals surface area (Å²) in [6, 6.07) is 0. The molecule has 3 atom stereocenters. The van der Waals surface area contributed by atoms with Gasteiger partial charge >= 0.3 is 5.97 Å². The van der Waals surface area contributed by atoms with Crippen LogP contribution in [0.3, 0.4) is 0 Å². The van der Waals surface area contributed by atoms with E-state index in [1.54, 1.807) is 0 Å². The van der Waals surface area contributed by atoms with Crippen LogP contribution in [0.1, 0.15) is 39.5 Å². The maximum Gasteiger partial charge on any atom is 0.332 e. The van der Waals surface area contributed by atoms with E-state index in [1.165, 1.54) is 0 Å². The summed E-state index contributed by atoms with van der Waals surface area (Å²) >= 11 is 0. The largest absolute Gasteiger partial charge is 0.479 e. The van der Waals surface area contributed by atoms with Gasteiger partial charge in [-0.3, -0.25) is 4.79 Å². The molecule has 2 aliphatic rings. The predicted molar refractivity (Wildman–Crippen MR) is 69.7 cm³/mol. The molecule has 108 valence electrons. The molecular formula is C14H23NO4. The summed E-state index contributed by atoms with van der Waals surface area (Å²) in [5.74, 6) is 0.254. The standard InChI is InChI=1S/C14H23NO4/c1-9(2)7-10-5-6-15(8-10)13(16)11-3-4-12(19-11)14(17)18/h9-12H,3-8H2,1-2H3,(H,17,18)/t10?,11-,12+/m0/s1. The molecule has 2 fully saturated rings. The second-order valence-electron chi connectivity index (χ2n) is 6.10. The molecule has 0 aromatic heterocycles. The average Bonchev–Trinajstić information content (AvgIpc) is 2.95. The van der Waals surface area contributed by atoms with E-state index in [1.807, 2.05) is 4.90 Å². The van der Waals surface area contributed by atoms with E-state index in [-0.39, 0.29) is 5.91 Å². The van der Waals surface area contributed by atoms with Gasteiger partial charge in [-0.2, -0.15) is 0 Å². The molecule has 5 heteroatoms. The Morgan fingerprint density at radius 1 is 1.26 bits per heavy atom. The van der Waals surface area contributed by atoms with Gasteiger partial charge in [0, 0.05) is 13.1 Å².